The van der Waals surface area contributed by atoms with Crippen molar-refractivity contribution < 1.29 is 4.57 Å². The molecule has 4 aromatic heterocycles. The Bertz CT molecular complexity index is 1260. The van der Waals surface area contributed by atoms with Crippen molar-refractivity contribution in [1.29, 1.82) is 0 Å². The zero-order valence-electron chi connectivity index (χ0n) is 13.4. The predicted octanol–water partition coefficient (Wildman–Crippen LogP) is 2.99. The average molecular weight is 324 g/mol. The van der Waals surface area contributed by atoms with Gasteiger partial charge in [0.25, 0.3) is 17.1 Å². The summed E-state index contributed by atoms with van der Waals surface area (Å²) in [5.41, 5.74) is 6.80. The summed E-state index contributed by atoms with van der Waals surface area (Å²) in [6, 6.07) is 16.6. The number of rotatable bonds is 1. The molecular formula is C20H14N5+. The molecular weight excluding hydrogens is 310 g/mol. The topological polar surface area (TPSA) is 39.0 Å². The highest BCUT2D eigenvalue weighted by atomic mass is 15.3. The molecule has 0 fully saturated rings. The molecule has 1 aromatic carbocycles. The molecule has 0 unspecified atom stereocenters. The Morgan fingerprint density at radius 3 is 2.80 bits per heavy atom. The van der Waals surface area contributed by atoms with Crippen LogP contribution in [0, 0.1) is 0 Å². The van der Waals surface area contributed by atoms with Crippen LogP contribution in [-0.4, -0.2) is 18.9 Å². The minimum absolute atomic E-state index is 0.873. The summed E-state index contributed by atoms with van der Waals surface area (Å²) in [5.74, 6) is 1.15. The van der Waals surface area contributed by atoms with Crippen molar-refractivity contribution >= 4 is 16.8 Å². The number of para-hydroxylation sites is 1. The first-order chi connectivity index (χ1) is 12.4. The molecule has 0 saturated carbocycles. The van der Waals surface area contributed by atoms with Gasteiger partial charge >= 0.3 is 0 Å². The lowest BCUT2D eigenvalue weighted by Gasteiger charge is -2.02. The van der Waals surface area contributed by atoms with E-state index < -0.39 is 0 Å². The molecule has 25 heavy (non-hydrogen) atoms. The summed E-state index contributed by atoms with van der Waals surface area (Å²) in [7, 11) is 0. The SMILES string of the molecule is c1ccc(-n2c3cccnc3n3c4[n+](cc23)Cc2ccncc2-4)cc1. The Balaban J connectivity index is 1.81. The van der Waals surface area contributed by atoms with Gasteiger partial charge in [0.1, 0.15) is 12.1 Å². The Morgan fingerprint density at radius 1 is 0.960 bits per heavy atom. The number of pyridine rings is 2. The molecule has 0 atom stereocenters. The molecule has 0 spiro atoms. The predicted molar refractivity (Wildman–Crippen MR) is 94.6 cm³/mol. The van der Waals surface area contributed by atoms with E-state index in [1.165, 1.54) is 11.1 Å². The Hall–Kier alpha value is -3.47. The molecule has 0 N–H and O–H groups in total. The zero-order valence-corrected chi connectivity index (χ0v) is 13.4. The largest absolute Gasteiger partial charge is 0.299 e. The van der Waals surface area contributed by atoms with E-state index in [0.29, 0.717) is 0 Å². The van der Waals surface area contributed by atoms with Gasteiger partial charge in [0.05, 0.1) is 5.56 Å². The number of benzene rings is 1. The van der Waals surface area contributed by atoms with Crippen molar-refractivity contribution in [2.75, 3.05) is 0 Å². The molecule has 0 radical (unpaired) electrons. The van der Waals surface area contributed by atoms with Crippen molar-refractivity contribution in [3.63, 3.8) is 0 Å². The fourth-order valence-corrected chi connectivity index (χ4v) is 3.91. The van der Waals surface area contributed by atoms with E-state index in [9.17, 15) is 0 Å². The fourth-order valence-electron chi connectivity index (χ4n) is 3.91. The first-order valence-electron chi connectivity index (χ1n) is 8.31. The molecule has 5 aromatic rings. The minimum atomic E-state index is 0.873. The van der Waals surface area contributed by atoms with E-state index in [0.717, 1.165) is 34.9 Å². The minimum Gasteiger partial charge on any atom is -0.268 e. The van der Waals surface area contributed by atoms with E-state index >= 15 is 0 Å². The summed E-state index contributed by atoms with van der Waals surface area (Å²) >= 11 is 0. The maximum atomic E-state index is 4.69. The second kappa shape index (κ2) is 4.54. The average Bonchev–Trinajstić information content (AvgIpc) is 3.28. The highest BCUT2D eigenvalue weighted by Crippen LogP contribution is 2.32. The summed E-state index contributed by atoms with van der Waals surface area (Å²) in [5, 5.41) is 0. The highest BCUT2D eigenvalue weighted by molar-refractivity contribution is 5.83. The molecule has 0 aliphatic carbocycles. The number of hydrogen-bond donors (Lipinski definition) is 0. The molecule has 6 rings (SSSR count). The van der Waals surface area contributed by atoms with Gasteiger partial charge in [-0.15, -0.1) is 0 Å². The Labute approximate surface area is 143 Å². The normalized spacial score (nSPS) is 12.6. The lowest BCUT2D eigenvalue weighted by molar-refractivity contribution is -0.670. The van der Waals surface area contributed by atoms with Crippen LogP contribution in [0.5, 0.6) is 0 Å². The third kappa shape index (κ3) is 1.59. The van der Waals surface area contributed by atoms with Crippen LogP contribution in [0.25, 0.3) is 33.9 Å². The van der Waals surface area contributed by atoms with Gasteiger partial charge in [-0.25, -0.2) is 9.55 Å². The van der Waals surface area contributed by atoms with Gasteiger partial charge in [-0.05, 0) is 30.3 Å². The second-order valence-corrected chi connectivity index (χ2v) is 6.32. The fraction of sp³-hybridized carbons (Fsp3) is 0.0500. The number of aromatic nitrogens is 5. The van der Waals surface area contributed by atoms with Crippen LogP contribution in [0.2, 0.25) is 0 Å². The van der Waals surface area contributed by atoms with Gasteiger partial charge < -0.3 is 0 Å². The summed E-state index contributed by atoms with van der Waals surface area (Å²) in [6.07, 6.45) is 7.88. The maximum Gasteiger partial charge on any atom is 0.299 e. The molecule has 1 aliphatic heterocycles. The van der Waals surface area contributed by atoms with E-state index in [1.54, 1.807) is 0 Å². The van der Waals surface area contributed by atoms with Gasteiger partial charge in [-0.2, -0.15) is 4.40 Å². The number of fused-ring (bicyclic) bond motifs is 7. The van der Waals surface area contributed by atoms with E-state index in [1.807, 2.05) is 30.7 Å². The van der Waals surface area contributed by atoms with Crippen LogP contribution in [-0.2, 0) is 6.54 Å². The number of hydrogen-bond acceptors (Lipinski definition) is 2. The van der Waals surface area contributed by atoms with Gasteiger partial charge in [0.15, 0.2) is 6.20 Å². The molecule has 0 bridgehead atoms. The molecule has 5 heterocycles. The molecule has 5 nitrogen and oxygen atoms in total. The summed E-state index contributed by atoms with van der Waals surface area (Å²) in [6.45, 7) is 0.873. The van der Waals surface area contributed by atoms with Crippen molar-refractivity contribution in [3.8, 4) is 17.1 Å². The van der Waals surface area contributed by atoms with Gasteiger partial charge in [0, 0.05) is 29.8 Å². The third-order valence-corrected chi connectivity index (χ3v) is 4.94. The molecule has 1 aliphatic rings. The molecule has 118 valence electrons. The van der Waals surface area contributed by atoms with E-state index in [4.69, 9.17) is 0 Å². The van der Waals surface area contributed by atoms with Crippen LogP contribution in [0.1, 0.15) is 5.56 Å². The van der Waals surface area contributed by atoms with Gasteiger partial charge in [-0.3, -0.25) is 9.55 Å². The highest BCUT2D eigenvalue weighted by Gasteiger charge is 2.34. The zero-order chi connectivity index (χ0) is 16.4. The second-order valence-electron chi connectivity index (χ2n) is 6.32. The van der Waals surface area contributed by atoms with Crippen molar-refractivity contribution in [2.45, 2.75) is 6.54 Å². The van der Waals surface area contributed by atoms with Crippen LogP contribution >= 0.6 is 0 Å². The molecule has 0 saturated heterocycles. The van der Waals surface area contributed by atoms with E-state index in [-0.39, 0.29) is 0 Å². The van der Waals surface area contributed by atoms with Gasteiger partial charge in [0.2, 0.25) is 0 Å². The van der Waals surface area contributed by atoms with Crippen molar-refractivity contribution in [1.82, 2.24) is 18.9 Å². The van der Waals surface area contributed by atoms with Crippen molar-refractivity contribution in [2.24, 2.45) is 0 Å². The van der Waals surface area contributed by atoms with Crippen molar-refractivity contribution in [3.05, 3.63) is 78.9 Å². The number of imidazole rings is 2. The third-order valence-electron chi connectivity index (χ3n) is 4.94. The standard InChI is InChI=1S/C20H14N5/c1-2-5-15(6-3-1)24-17-7-4-9-22-19(17)25-18(24)13-23-12-14-8-10-21-11-16(14)20(23)25/h1-11,13H,12H2/q+1. The van der Waals surface area contributed by atoms with Crippen LogP contribution in [0.4, 0.5) is 0 Å². The lowest BCUT2D eigenvalue weighted by atomic mass is 10.2. The smallest absolute Gasteiger partial charge is 0.268 e. The van der Waals surface area contributed by atoms with Crippen LogP contribution in [0.3, 0.4) is 0 Å². The summed E-state index contributed by atoms with van der Waals surface area (Å²) in [4.78, 5) is 9.02. The van der Waals surface area contributed by atoms with Crippen LogP contribution in [0.15, 0.2) is 73.3 Å². The molecule has 5 heteroatoms. The lowest BCUT2D eigenvalue weighted by Crippen LogP contribution is -2.29. The monoisotopic (exact) mass is 324 g/mol. The van der Waals surface area contributed by atoms with Gasteiger partial charge in [-0.1, -0.05) is 18.2 Å². The van der Waals surface area contributed by atoms with E-state index in [2.05, 4.69) is 66.1 Å². The summed E-state index contributed by atoms with van der Waals surface area (Å²) < 4.78 is 6.80. The Morgan fingerprint density at radius 2 is 1.88 bits per heavy atom. The van der Waals surface area contributed by atoms with Crippen LogP contribution < -0.4 is 4.57 Å². The quantitative estimate of drug-likeness (QED) is 0.436. The molecule has 0 amide bonds. The first-order valence-corrected chi connectivity index (χ1v) is 8.31. The number of nitrogens with zero attached hydrogens (tertiary/aromatic N) is 5. The maximum absolute atomic E-state index is 4.69. The first kappa shape index (κ1) is 12.9. The Kier molecular flexibility index (Phi) is 2.34.